The number of hydrogen-bond donors (Lipinski definition) is 1. The minimum absolute atomic E-state index is 0.0326. The molecule has 0 saturated heterocycles. The maximum atomic E-state index is 12.8. The number of nitrogens with one attached hydrogen (secondary N) is 1. The Kier molecular flexibility index (Phi) is 6.21. The van der Waals surface area contributed by atoms with E-state index in [4.69, 9.17) is 4.74 Å². The van der Waals surface area contributed by atoms with Crippen molar-refractivity contribution in [3.8, 4) is 5.75 Å². The van der Waals surface area contributed by atoms with Gasteiger partial charge in [-0.05, 0) is 60.4 Å². The van der Waals surface area contributed by atoms with Crippen LogP contribution < -0.4 is 10.1 Å². The number of unbranched alkanes of at least 4 members (excludes halogenated alkanes) is 1. The number of thioether (sulfide) groups is 1. The first kappa shape index (κ1) is 17.7. The van der Waals surface area contributed by atoms with Crippen molar-refractivity contribution in [1.82, 2.24) is 25.5 Å². The van der Waals surface area contributed by atoms with Crippen LogP contribution in [0.3, 0.4) is 0 Å². The minimum Gasteiger partial charge on any atom is -0.494 e. The molecule has 0 unspecified atom stereocenters. The first-order chi connectivity index (χ1) is 12.2. The van der Waals surface area contributed by atoms with Gasteiger partial charge >= 0.3 is 0 Å². The number of ether oxygens (including phenoxy) is 1. The van der Waals surface area contributed by atoms with Gasteiger partial charge in [-0.15, -0.1) is 5.10 Å². The predicted octanol–water partition coefficient (Wildman–Crippen LogP) is 2.21. The van der Waals surface area contributed by atoms with E-state index in [1.807, 2.05) is 0 Å². The Balaban J connectivity index is 1.24. The minimum atomic E-state index is -0.279. The summed E-state index contributed by atoms with van der Waals surface area (Å²) < 4.78 is 20.1. The lowest BCUT2D eigenvalue weighted by molar-refractivity contribution is -0.118. The predicted molar refractivity (Wildman–Crippen MR) is 91.0 cm³/mol. The Bertz CT molecular complexity index is 690. The van der Waals surface area contributed by atoms with Crippen LogP contribution in [0, 0.1) is 5.82 Å². The van der Waals surface area contributed by atoms with Gasteiger partial charge in [-0.2, -0.15) is 0 Å². The number of benzene rings is 1. The quantitative estimate of drug-likeness (QED) is 0.514. The van der Waals surface area contributed by atoms with Crippen LogP contribution in [0.15, 0.2) is 29.4 Å². The van der Waals surface area contributed by atoms with Crippen molar-refractivity contribution in [2.24, 2.45) is 0 Å². The summed E-state index contributed by atoms with van der Waals surface area (Å²) in [5.74, 6) is 0.642. The number of nitrogens with zero attached hydrogens (tertiary/aromatic N) is 4. The molecule has 0 aliphatic heterocycles. The van der Waals surface area contributed by atoms with Crippen molar-refractivity contribution in [2.45, 2.75) is 36.9 Å². The van der Waals surface area contributed by atoms with Gasteiger partial charge in [0.2, 0.25) is 11.1 Å². The van der Waals surface area contributed by atoms with Crippen LogP contribution in [0.1, 0.15) is 31.7 Å². The average Bonchev–Trinajstić information content (AvgIpc) is 3.35. The van der Waals surface area contributed by atoms with E-state index in [2.05, 4.69) is 20.8 Å². The molecule has 3 rings (SSSR count). The highest BCUT2D eigenvalue weighted by Crippen LogP contribution is 2.36. The smallest absolute Gasteiger partial charge is 0.230 e. The number of amides is 1. The molecule has 0 spiro atoms. The van der Waals surface area contributed by atoms with Gasteiger partial charge in [-0.25, -0.2) is 9.07 Å². The largest absolute Gasteiger partial charge is 0.494 e. The number of carbonyl (C=O) groups is 1. The number of hydrogen-bond acceptors (Lipinski definition) is 6. The van der Waals surface area contributed by atoms with E-state index in [0.29, 0.717) is 35.9 Å². The lowest BCUT2D eigenvalue weighted by Gasteiger charge is -2.07. The molecule has 1 fully saturated rings. The third-order valence-corrected chi connectivity index (χ3v) is 4.60. The number of aromatic nitrogens is 4. The second kappa shape index (κ2) is 8.80. The van der Waals surface area contributed by atoms with E-state index in [-0.39, 0.29) is 11.7 Å². The van der Waals surface area contributed by atoms with Crippen molar-refractivity contribution < 1.29 is 13.9 Å². The van der Waals surface area contributed by atoms with Crippen molar-refractivity contribution in [3.63, 3.8) is 0 Å². The molecule has 2 aromatic rings. The maximum Gasteiger partial charge on any atom is 0.230 e. The van der Waals surface area contributed by atoms with E-state index in [0.717, 1.165) is 25.7 Å². The Morgan fingerprint density at radius 1 is 1.32 bits per heavy atom. The molecule has 9 heteroatoms. The van der Waals surface area contributed by atoms with E-state index < -0.39 is 0 Å². The van der Waals surface area contributed by atoms with Gasteiger partial charge in [0.25, 0.3) is 0 Å². The molecule has 7 nitrogen and oxygen atoms in total. The van der Waals surface area contributed by atoms with Crippen LogP contribution >= 0.6 is 11.8 Å². The van der Waals surface area contributed by atoms with Gasteiger partial charge in [0, 0.05) is 6.54 Å². The van der Waals surface area contributed by atoms with Gasteiger partial charge in [-0.1, -0.05) is 11.8 Å². The molecular weight excluding hydrogens is 345 g/mol. The van der Waals surface area contributed by atoms with Crippen molar-refractivity contribution in [3.05, 3.63) is 30.1 Å². The number of tetrazole rings is 1. The van der Waals surface area contributed by atoms with Gasteiger partial charge in [0.05, 0.1) is 18.4 Å². The van der Waals surface area contributed by atoms with Crippen molar-refractivity contribution in [2.75, 3.05) is 18.9 Å². The Hall–Kier alpha value is -2.16. The van der Waals surface area contributed by atoms with Crippen LogP contribution in [0.2, 0.25) is 0 Å². The zero-order valence-corrected chi connectivity index (χ0v) is 14.5. The molecule has 1 saturated carbocycles. The van der Waals surface area contributed by atoms with Crippen molar-refractivity contribution >= 4 is 17.7 Å². The Labute approximate surface area is 149 Å². The zero-order chi connectivity index (χ0) is 17.5. The molecule has 0 radical (unpaired) electrons. The molecule has 1 aliphatic rings. The normalized spacial score (nSPS) is 13.6. The highest BCUT2D eigenvalue weighted by molar-refractivity contribution is 7.99. The summed E-state index contributed by atoms with van der Waals surface area (Å²) in [6.07, 6.45) is 3.83. The SMILES string of the molecule is O=C(CSc1nnnn1C1CC1)NCCCCOc1ccc(F)cc1. The summed E-state index contributed by atoms with van der Waals surface area (Å²) >= 11 is 1.36. The lowest BCUT2D eigenvalue weighted by Crippen LogP contribution is -2.26. The molecule has 1 amide bonds. The number of rotatable bonds is 10. The topological polar surface area (TPSA) is 81.9 Å². The van der Waals surface area contributed by atoms with Gasteiger partial charge < -0.3 is 10.1 Å². The molecule has 0 bridgehead atoms. The molecule has 0 atom stereocenters. The maximum absolute atomic E-state index is 12.8. The third-order valence-electron chi connectivity index (χ3n) is 3.66. The van der Waals surface area contributed by atoms with E-state index in [9.17, 15) is 9.18 Å². The first-order valence-corrected chi connectivity index (χ1v) is 9.26. The zero-order valence-electron chi connectivity index (χ0n) is 13.7. The molecule has 1 heterocycles. The van der Waals surface area contributed by atoms with E-state index in [1.54, 1.807) is 16.8 Å². The van der Waals surface area contributed by atoms with Gasteiger partial charge in [0.1, 0.15) is 11.6 Å². The number of carbonyl (C=O) groups excluding carboxylic acids is 1. The second-order valence-corrected chi connectivity index (χ2v) is 6.73. The van der Waals surface area contributed by atoms with Crippen LogP contribution in [0.5, 0.6) is 5.75 Å². The van der Waals surface area contributed by atoms with Crippen molar-refractivity contribution in [1.29, 1.82) is 0 Å². The molecule has 1 N–H and O–H groups in total. The highest BCUT2D eigenvalue weighted by Gasteiger charge is 2.28. The van der Waals surface area contributed by atoms with Crippen LogP contribution in [-0.4, -0.2) is 45.0 Å². The van der Waals surface area contributed by atoms with E-state index in [1.165, 1.54) is 23.9 Å². The summed E-state index contributed by atoms with van der Waals surface area (Å²) in [6, 6.07) is 6.34. The Morgan fingerprint density at radius 3 is 2.88 bits per heavy atom. The molecule has 1 aliphatic carbocycles. The summed E-state index contributed by atoms with van der Waals surface area (Å²) in [4.78, 5) is 11.8. The van der Waals surface area contributed by atoms with Crippen LogP contribution in [0.25, 0.3) is 0 Å². The summed E-state index contributed by atoms with van der Waals surface area (Å²) in [5.41, 5.74) is 0. The molecule has 25 heavy (non-hydrogen) atoms. The summed E-state index contributed by atoms with van der Waals surface area (Å²) in [7, 11) is 0. The fourth-order valence-corrected chi connectivity index (χ4v) is 2.96. The number of halogens is 1. The van der Waals surface area contributed by atoms with E-state index >= 15 is 0 Å². The standard InChI is InChI=1S/C16H20FN5O2S/c17-12-3-7-14(8-4-12)24-10-2-1-9-18-15(23)11-25-16-19-20-21-22(16)13-5-6-13/h3-4,7-8,13H,1-2,5-6,9-11H2,(H,18,23). The van der Waals surface area contributed by atoms with Gasteiger partial charge in [-0.3, -0.25) is 4.79 Å². The molecular formula is C16H20FN5O2S. The Morgan fingerprint density at radius 2 is 2.12 bits per heavy atom. The fraction of sp³-hybridized carbons (Fsp3) is 0.500. The summed E-state index contributed by atoms with van der Waals surface area (Å²) in [6.45, 7) is 1.13. The molecule has 1 aromatic heterocycles. The fourth-order valence-electron chi connectivity index (χ4n) is 2.19. The van der Waals surface area contributed by atoms with Gasteiger partial charge in [0.15, 0.2) is 0 Å². The highest BCUT2D eigenvalue weighted by atomic mass is 32.2. The second-order valence-electron chi connectivity index (χ2n) is 5.79. The lowest BCUT2D eigenvalue weighted by atomic mass is 10.3. The first-order valence-electron chi connectivity index (χ1n) is 8.28. The van der Waals surface area contributed by atoms with Crippen LogP contribution in [0.4, 0.5) is 4.39 Å². The third kappa shape index (κ3) is 5.70. The average molecular weight is 365 g/mol. The monoisotopic (exact) mass is 365 g/mol. The molecule has 134 valence electrons. The summed E-state index contributed by atoms with van der Waals surface area (Å²) in [5, 5.41) is 15.1. The van der Waals surface area contributed by atoms with Crippen LogP contribution in [-0.2, 0) is 4.79 Å². The molecule has 1 aromatic carbocycles.